The number of aliphatic hydroxyl groups excluding tert-OH is 1. The van der Waals surface area contributed by atoms with Crippen LogP contribution in [0.15, 0.2) is 24.3 Å². The first-order valence-electron chi connectivity index (χ1n) is 8.33. The lowest BCUT2D eigenvalue weighted by Crippen LogP contribution is -2.51. The molecule has 2 atom stereocenters. The third-order valence-corrected chi connectivity index (χ3v) is 5.81. The number of anilines is 1. The van der Waals surface area contributed by atoms with E-state index < -0.39 is 0 Å². The van der Waals surface area contributed by atoms with Crippen molar-refractivity contribution in [3.05, 3.63) is 41.2 Å². The zero-order valence-corrected chi connectivity index (χ0v) is 14.2. The molecule has 4 rings (SSSR count). The number of piperazine rings is 1. The van der Waals surface area contributed by atoms with Crippen molar-refractivity contribution < 1.29 is 5.11 Å². The highest BCUT2D eigenvalue weighted by atomic mass is 32.1. The number of fused-ring (bicyclic) bond motifs is 1. The standard InChI is InChI=1S/C17H22N4OS/c1-2-15-18-17(23-19-15)21-9-7-20(8-10-21)14-11-12-5-3-4-6-13(12)16(14)22/h3-6,14,16,22H,2,7-11H2,1H3. The molecule has 0 amide bonds. The van der Waals surface area contributed by atoms with E-state index in [0.29, 0.717) is 0 Å². The van der Waals surface area contributed by atoms with Gasteiger partial charge in [0.25, 0.3) is 0 Å². The lowest BCUT2D eigenvalue weighted by molar-refractivity contribution is 0.0572. The molecule has 2 unspecified atom stereocenters. The highest BCUT2D eigenvalue weighted by molar-refractivity contribution is 7.09. The molecule has 1 aromatic carbocycles. The molecule has 23 heavy (non-hydrogen) atoms. The summed E-state index contributed by atoms with van der Waals surface area (Å²) in [6.45, 7) is 5.94. The van der Waals surface area contributed by atoms with Crippen LogP contribution in [-0.4, -0.2) is 51.6 Å². The molecule has 0 radical (unpaired) electrons. The molecule has 0 bridgehead atoms. The van der Waals surface area contributed by atoms with Crippen molar-refractivity contribution >= 4 is 16.7 Å². The Kier molecular flexibility index (Phi) is 4.05. The summed E-state index contributed by atoms with van der Waals surface area (Å²) in [5, 5.41) is 11.7. The summed E-state index contributed by atoms with van der Waals surface area (Å²) < 4.78 is 4.38. The van der Waals surface area contributed by atoms with Crippen LogP contribution in [0, 0.1) is 0 Å². The van der Waals surface area contributed by atoms with E-state index in [1.54, 1.807) is 0 Å². The number of aryl methyl sites for hydroxylation is 1. The number of aromatic nitrogens is 2. The molecular weight excluding hydrogens is 308 g/mol. The number of aliphatic hydroxyl groups is 1. The average Bonchev–Trinajstić information content (AvgIpc) is 3.20. The van der Waals surface area contributed by atoms with Gasteiger partial charge in [-0.3, -0.25) is 4.90 Å². The maximum Gasteiger partial charge on any atom is 0.205 e. The van der Waals surface area contributed by atoms with Gasteiger partial charge in [-0.25, -0.2) is 4.98 Å². The fraction of sp³-hybridized carbons (Fsp3) is 0.529. The van der Waals surface area contributed by atoms with Crippen molar-refractivity contribution in [2.24, 2.45) is 0 Å². The minimum absolute atomic E-state index is 0.218. The van der Waals surface area contributed by atoms with Crippen molar-refractivity contribution in [1.29, 1.82) is 0 Å². The van der Waals surface area contributed by atoms with Crippen LogP contribution in [0.3, 0.4) is 0 Å². The molecule has 1 aliphatic carbocycles. The first-order chi connectivity index (χ1) is 11.3. The third-order valence-electron chi connectivity index (χ3n) is 4.99. The molecule has 2 heterocycles. The Morgan fingerprint density at radius 3 is 2.70 bits per heavy atom. The van der Waals surface area contributed by atoms with E-state index >= 15 is 0 Å². The van der Waals surface area contributed by atoms with Crippen LogP contribution >= 0.6 is 11.5 Å². The third kappa shape index (κ3) is 2.75. The Labute approximate surface area is 140 Å². The summed E-state index contributed by atoms with van der Waals surface area (Å²) in [5.74, 6) is 0.939. The highest BCUT2D eigenvalue weighted by Crippen LogP contribution is 2.35. The van der Waals surface area contributed by atoms with Gasteiger partial charge in [-0.2, -0.15) is 4.37 Å². The molecule has 2 aliphatic rings. The van der Waals surface area contributed by atoms with Gasteiger partial charge in [0.1, 0.15) is 5.82 Å². The second kappa shape index (κ2) is 6.19. The molecule has 1 saturated heterocycles. The summed E-state index contributed by atoms with van der Waals surface area (Å²) in [4.78, 5) is 9.34. The Balaban J connectivity index is 1.41. The number of hydrogen-bond acceptors (Lipinski definition) is 6. The van der Waals surface area contributed by atoms with Gasteiger partial charge in [-0.05, 0) is 17.5 Å². The fourth-order valence-electron chi connectivity index (χ4n) is 3.64. The minimum Gasteiger partial charge on any atom is -0.387 e. The number of benzene rings is 1. The average molecular weight is 330 g/mol. The summed E-state index contributed by atoms with van der Waals surface area (Å²) in [6.07, 6.45) is 1.49. The van der Waals surface area contributed by atoms with E-state index in [1.165, 1.54) is 17.1 Å². The summed E-state index contributed by atoms with van der Waals surface area (Å²) >= 11 is 1.50. The number of nitrogens with zero attached hydrogens (tertiary/aromatic N) is 4. The normalized spacial score (nSPS) is 24.9. The molecule has 122 valence electrons. The molecule has 5 nitrogen and oxygen atoms in total. The van der Waals surface area contributed by atoms with Gasteiger partial charge in [0.15, 0.2) is 0 Å². The molecule has 0 spiro atoms. The van der Waals surface area contributed by atoms with Crippen LogP contribution < -0.4 is 4.90 Å². The van der Waals surface area contributed by atoms with Crippen LogP contribution in [0.5, 0.6) is 0 Å². The van der Waals surface area contributed by atoms with E-state index in [9.17, 15) is 5.11 Å². The van der Waals surface area contributed by atoms with Gasteiger partial charge in [-0.1, -0.05) is 31.2 Å². The Morgan fingerprint density at radius 2 is 2.00 bits per heavy atom. The molecule has 1 N–H and O–H groups in total. The monoisotopic (exact) mass is 330 g/mol. The van der Waals surface area contributed by atoms with Crippen molar-refractivity contribution in [3.63, 3.8) is 0 Å². The SMILES string of the molecule is CCc1nsc(N2CCN(C3Cc4ccccc4C3O)CC2)n1. The smallest absolute Gasteiger partial charge is 0.205 e. The molecule has 1 aliphatic heterocycles. The number of hydrogen-bond donors (Lipinski definition) is 1. The quantitative estimate of drug-likeness (QED) is 0.931. The van der Waals surface area contributed by atoms with Crippen molar-refractivity contribution in [2.75, 3.05) is 31.1 Å². The lowest BCUT2D eigenvalue weighted by Gasteiger charge is -2.38. The van der Waals surface area contributed by atoms with E-state index in [2.05, 4.69) is 44.3 Å². The van der Waals surface area contributed by atoms with E-state index in [0.717, 1.165) is 55.5 Å². The number of rotatable bonds is 3. The fourth-order valence-corrected chi connectivity index (χ4v) is 4.44. The van der Waals surface area contributed by atoms with Crippen LogP contribution in [0.25, 0.3) is 0 Å². The van der Waals surface area contributed by atoms with Crippen LogP contribution in [-0.2, 0) is 12.8 Å². The molecule has 1 fully saturated rings. The largest absolute Gasteiger partial charge is 0.387 e. The van der Waals surface area contributed by atoms with Crippen molar-refractivity contribution in [1.82, 2.24) is 14.3 Å². The zero-order chi connectivity index (χ0) is 15.8. The Hall–Kier alpha value is -1.50. The second-order valence-corrected chi connectivity index (χ2v) is 7.02. The predicted octanol–water partition coefficient (Wildman–Crippen LogP) is 1.88. The van der Waals surface area contributed by atoms with E-state index in [-0.39, 0.29) is 12.1 Å². The predicted molar refractivity (Wildman–Crippen MR) is 92.0 cm³/mol. The molecular formula is C17H22N4OS. The zero-order valence-electron chi connectivity index (χ0n) is 13.4. The van der Waals surface area contributed by atoms with Crippen molar-refractivity contribution in [2.45, 2.75) is 31.9 Å². The van der Waals surface area contributed by atoms with Crippen LogP contribution in [0.4, 0.5) is 5.13 Å². The molecule has 1 aromatic heterocycles. The highest BCUT2D eigenvalue weighted by Gasteiger charge is 2.36. The maximum atomic E-state index is 10.6. The summed E-state index contributed by atoms with van der Waals surface area (Å²) in [5.41, 5.74) is 2.40. The molecule has 2 aromatic rings. The van der Waals surface area contributed by atoms with Gasteiger partial charge in [0.05, 0.1) is 6.10 Å². The van der Waals surface area contributed by atoms with Gasteiger partial charge in [-0.15, -0.1) is 0 Å². The summed E-state index contributed by atoms with van der Waals surface area (Å²) in [6, 6.07) is 8.50. The second-order valence-electron chi connectivity index (χ2n) is 6.28. The Morgan fingerprint density at radius 1 is 1.22 bits per heavy atom. The first kappa shape index (κ1) is 15.1. The van der Waals surface area contributed by atoms with Crippen LogP contribution in [0.1, 0.15) is 30.0 Å². The van der Waals surface area contributed by atoms with Gasteiger partial charge >= 0.3 is 0 Å². The first-order valence-corrected chi connectivity index (χ1v) is 9.11. The van der Waals surface area contributed by atoms with E-state index in [1.807, 2.05) is 6.07 Å². The van der Waals surface area contributed by atoms with Crippen molar-refractivity contribution in [3.8, 4) is 0 Å². The maximum absolute atomic E-state index is 10.6. The Bertz CT molecular complexity index is 681. The minimum atomic E-state index is -0.356. The van der Waals surface area contributed by atoms with Crippen LogP contribution in [0.2, 0.25) is 0 Å². The van der Waals surface area contributed by atoms with Gasteiger partial charge in [0, 0.05) is 50.2 Å². The van der Waals surface area contributed by atoms with Gasteiger partial charge in [0.2, 0.25) is 5.13 Å². The lowest BCUT2D eigenvalue weighted by atomic mass is 10.1. The van der Waals surface area contributed by atoms with Gasteiger partial charge < -0.3 is 10.0 Å². The molecule has 0 saturated carbocycles. The topological polar surface area (TPSA) is 52.5 Å². The molecule has 6 heteroatoms. The summed E-state index contributed by atoms with van der Waals surface area (Å²) in [7, 11) is 0. The van der Waals surface area contributed by atoms with E-state index in [4.69, 9.17) is 0 Å².